The molecule has 0 saturated carbocycles. The van der Waals surface area contributed by atoms with E-state index in [1.165, 1.54) is 0 Å². The van der Waals surface area contributed by atoms with Crippen molar-refractivity contribution in [3.8, 4) is 0 Å². The molecule has 5 nitrogen and oxygen atoms in total. The predicted molar refractivity (Wildman–Crippen MR) is 84.9 cm³/mol. The number of nitrogens with two attached hydrogens (primary N) is 1. The lowest BCUT2D eigenvalue weighted by Crippen LogP contribution is -2.41. The van der Waals surface area contributed by atoms with Gasteiger partial charge < -0.3 is 15.5 Å². The second-order valence-corrected chi connectivity index (χ2v) is 5.61. The van der Waals surface area contributed by atoms with Gasteiger partial charge in [0.1, 0.15) is 10.8 Å². The van der Waals surface area contributed by atoms with Crippen LogP contribution < -0.4 is 10.6 Å². The third kappa shape index (κ3) is 3.45. The van der Waals surface area contributed by atoms with Gasteiger partial charge >= 0.3 is 0 Å². The van der Waals surface area contributed by atoms with Crippen LogP contribution in [0.25, 0.3) is 0 Å². The number of likely N-dealkylation sites (N-methyl/N-ethyl adjacent to an activating group) is 2. The maximum atomic E-state index is 5.86. The number of aryl methyl sites for hydroxylation is 2. The number of thiocarbonyl (C=S) groups is 1. The number of aromatic nitrogens is 2. The van der Waals surface area contributed by atoms with Crippen molar-refractivity contribution in [3.05, 3.63) is 11.3 Å². The normalized spacial score (nSPS) is 12.8. The van der Waals surface area contributed by atoms with Crippen LogP contribution in [-0.2, 0) is 7.05 Å². The lowest BCUT2D eigenvalue weighted by atomic mass is 10.2. The zero-order valence-electron chi connectivity index (χ0n) is 12.8. The maximum Gasteiger partial charge on any atom is 0.137 e. The van der Waals surface area contributed by atoms with E-state index in [4.69, 9.17) is 18.0 Å². The van der Waals surface area contributed by atoms with Crippen LogP contribution in [0.4, 0.5) is 5.82 Å². The summed E-state index contributed by atoms with van der Waals surface area (Å²) in [5.41, 5.74) is 7.65. The summed E-state index contributed by atoms with van der Waals surface area (Å²) < 4.78 is 1.87. The Labute approximate surface area is 121 Å². The van der Waals surface area contributed by atoms with E-state index in [2.05, 4.69) is 42.8 Å². The van der Waals surface area contributed by atoms with Gasteiger partial charge in [-0.05, 0) is 34.9 Å². The van der Waals surface area contributed by atoms with Crippen LogP contribution in [0.1, 0.15) is 25.1 Å². The van der Waals surface area contributed by atoms with Crippen molar-refractivity contribution >= 4 is 23.0 Å². The van der Waals surface area contributed by atoms with Gasteiger partial charge in [-0.15, -0.1) is 0 Å². The molecule has 0 amide bonds. The van der Waals surface area contributed by atoms with Gasteiger partial charge in [0.25, 0.3) is 0 Å². The van der Waals surface area contributed by atoms with Gasteiger partial charge in [-0.1, -0.05) is 12.2 Å². The van der Waals surface area contributed by atoms with Crippen molar-refractivity contribution in [3.63, 3.8) is 0 Å². The van der Waals surface area contributed by atoms with Gasteiger partial charge in [-0.2, -0.15) is 5.10 Å². The molecule has 19 heavy (non-hydrogen) atoms. The Balaban J connectivity index is 3.21. The molecule has 0 aromatic carbocycles. The largest absolute Gasteiger partial charge is 0.389 e. The van der Waals surface area contributed by atoms with Crippen LogP contribution in [-0.4, -0.2) is 52.9 Å². The van der Waals surface area contributed by atoms with Crippen molar-refractivity contribution in [2.24, 2.45) is 12.8 Å². The first-order chi connectivity index (χ1) is 8.79. The molecule has 1 unspecified atom stereocenters. The minimum Gasteiger partial charge on any atom is -0.389 e. The molecule has 1 heterocycles. The first-order valence-corrected chi connectivity index (χ1v) is 6.95. The molecule has 0 bridgehead atoms. The highest BCUT2D eigenvalue weighted by Gasteiger charge is 2.23. The summed E-state index contributed by atoms with van der Waals surface area (Å²) in [5, 5.41) is 4.46. The molecule has 0 aliphatic heterocycles. The molecule has 2 N–H and O–H groups in total. The van der Waals surface area contributed by atoms with Crippen LogP contribution in [0.5, 0.6) is 0 Å². The molecular weight excluding hydrogens is 258 g/mol. The Kier molecular flexibility index (Phi) is 5.31. The van der Waals surface area contributed by atoms with Gasteiger partial charge in [0.05, 0.1) is 11.3 Å². The molecule has 0 spiro atoms. The maximum absolute atomic E-state index is 5.86. The Morgan fingerprint density at radius 2 is 2.05 bits per heavy atom. The lowest BCUT2D eigenvalue weighted by Gasteiger charge is -2.32. The Morgan fingerprint density at radius 1 is 1.47 bits per heavy atom. The molecule has 6 heteroatoms. The highest BCUT2D eigenvalue weighted by molar-refractivity contribution is 7.80. The van der Waals surface area contributed by atoms with E-state index in [0.29, 0.717) is 11.0 Å². The molecular formula is C13H25N5S. The molecule has 0 aliphatic rings. The van der Waals surface area contributed by atoms with E-state index in [0.717, 1.165) is 30.2 Å². The van der Waals surface area contributed by atoms with Gasteiger partial charge in [-0.25, -0.2) is 0 Å². The van der Waals surface area contributed by atoms with E-state index in [1.54, 1.807) is 0 Å². The second-order valence-electron chi connectivity index (χ2n) is 5.17. The highest BCUT2D eigenvalue weighted by atomic mass is 32.1. The molecule has 1 rings (SSSR count). The highest BCUT2D eigenvalue weighted by Crippen LogP contribution is 2.25. The predicted octanol–water partition coefficient (Wildman–Crippen LogP) is 1.14. The zero-order valence-corrected chi connectivity index (χ0v) is 13.6. The summed E-state index contributed by atoms with van der Waals surface area (Å²) in [7, 11) is 6.09. The fourth-order valence-corrected chi connectivity index (χ4v) is 2.80. The fraction of sp³-hybridized carbons (Fsp3) is 0.692. The second kappa shape index (κ2) is 6.34. The van der Waals surface area contributed by atoms with E-state index < -0.39 is 0 Å². The average Bonchev–Trinajstić information content (AvgIpc) is 2.54. The third-order valence-corrected chi connectivity index (χ3v) is 3.42. The van der Waals surface area contributed by atoms with Gasteiger partial charge in [0.2, 0.25) is 0 Å². The molecule has 0 radical (unpaired) electrons. The monoisotopic (exact) mass is 283 g/mol. The molecule has 108 valence electrons. The summed E-state index contributed by atoms with van der Waals surface area (Å²) in [6.07, 6.45) is 0. The van der Waals surface area contributed by atoms with Crippen LogP contribution >= 0.6 is 12.2 Å². The van der Waals surface area contributed by atoms with Gasteiger partial charge in [0.15, 0.2) is 0 Å². The van der Waals surface area contributed by atoms with Crippen molar-refractivity contribution in [2.75, 3.05) is 32.1 Å². The van der Waals surface area contributed by atoms with Crippen LogP contribution in [0.2, 0.25) is 0 Å². The van der Waals surface area contributed by atoms with Crippen LogP contribution in [0, 0.1) is 6.92 Å². The molecule has 0 saturated heterocycles. The molecule has 0 fully saturated rings. The Bertz CT molecular complexity index is 452. The van der Waals surface area contributed by atoms with E-state index in [1.807, 2.05) is 18.7 Å². The lowest BCUT2D eigenvalue weighted by molar-refractivity contribution is 0.371. The quantitative estimate of drug-likeness (QED) is 0.794. The summed E-state index contributed by atoms with van der Waals surface area (Å²) in [5.74, 6) is 1.02. The summed E-state index contributed by atoms with van der Waals surface area (Å²) >= 11 is 5.18. The molecule has 1 aromatic heterocycles. The fourth-order valence-electron chi connectivity index (χ4n) is 2.56. The van der Waals surface area contributed by atoms with E-state index >= 15 is 0 Å². The van der Waals surface area contributed by atoms with Gasteiger partial charge in [-0.3, -0.25) is 4.68 Å². The average molecular weight is 283 g/mol. The van der Waals surface area contributed by atoms with Crippen molar-refractivity contribution in [1.82, 2.24) is 14.7 Å². The summed E-state index contributed by atoms with van der Waals surface area (Å²) in [6.45, 7) is 8.15. The van der Waals surface area contributed by atoms with E-state index in [-0.39, 0.29) is 0 Å². The number of hydrogen-bond acceptors (Lipinski definition) is 4. The summed E-state index contributed by atoms with van der Waals surface area (Å²) in [4.78, 5) is 4.89. The van der Waals surface area contributed by atoms with Crippen LogP contribution in [0.3, 0.4) is 0 Å². The number of rotatable bonds is 6. The Hall–Kier alpha value is -1.14. The number of nitrogens with zero attached hydrogens (tertiary/aromatic N) is 4. The standard InChI is InChI=1S/C13H25N5S/c1-7-18(9(2)8-16(4)5)13-11(12(14)19)10(3)15-17(13)6/h9H,7-8H2,1-6H3,(H2,14,19). The molecule has 0 aliphatic carbocycles. The Morgan fingerprint density at radius 3 is 2.47 bits per heavy atom. The first kappa shape index (κ1) is 15.9. The van der Waals surface area contributed by atoms with Crippen molar-refractivity contribution < 1.29 is 0 Å². The molecule has 1 aromatic rings. The van der Waals surface area contributed by atoms with E-state index in [9.17, 15) is 0 Å². The third-order valence-electron chi connectivity index (χ3n) is 3.21. The summed E-state index contributed by atoms with van der Waals surface area (Å²) in [6, 6.07) is 0.364. The van der Waals surface area contributed by atoms with Gasteiger partial charge in [0, 0.05) is 26.2 Å². The number of hydrogen-bond donors (Lipinski definition) is 1. The minimum absolute atomic E-state index is 0.364. The van der Waals surface area contributed by atoms with Crippen molar-refractivity contribution in [1.29, 1.82) is 0 Å². The van der Waals surface area contributed by atoms with Crippen LogP contribution in [0.15, 0.2) is 0 Å². The minimum atomic E-state index is 0.364. The zero-order chi connectivity index (χ0) is 14.7. The molecule has 1 atom stereocenters. The topological polar surface area (TPSA) is 50.3 Å². The van der Waals surface area contributed by atoms with Crippen molar-refractivity contribution in [2.45, 2.75) is 26.8 Å². The SMILES string of the molecule is CCN(c1c(C(N)=S)c(C)nn1C)C(C)CN(C)C. The smallest absolute Gasteiger partial charge is 0.137 e. The first-order valence-electron chi connectivity index (χ1n) is 6.54. The number of anilines is 1.